The summed E-state index contributed by atoms with van der Waals surface area (Å²) in [7, 11) is 0. The lowest BCUT2D eigenvalue weighted by atomic mass is 10.1. The van der Waals surface area contributed by atoms with Gasteiger partial charge in [-0.25, -0.2) is 0 Å². The Morgan fingerprint density at radius 3 is 2.44 bits per heavy atom. The van der Waals surface area contributed by atoms with Crippen LogP contribution in [0, 0.1) is 0 Å². The quantitative estimate of drug-likeness (QED) is 0.528. The smallest absolute Gasteiger partial charge is 0.166 e. The van der Waals surface area contributed by atoms with Gasteiger partial charge >= 0.3 is 0 Å². The lowest BCUT2D eigenvalue weighted by molar-refractivity contribution is 0.527. The van der Waals surface area contributed by atoms with Gasteiger partial charge in [0.05, 0.1) is 0 Å². The first kappa shape index (κ1) is 6.81. The molecule has 0 spiro atoms. The van der Waals surface area contributed by atoms with Crippen LogP contribution in [-0.2, 0) is 0 Å². The molecule has 0 amide bonds. The predicted molar refractivity (Wildman–Crippen MR) is 42.4 cm³/mol. The van der Waals surface area contributed by atoms with Gasteiger partial charge in [0.15, 0.2) is 5.11 Å². The van der Waals surface area contributed by atoms with E-state index in [-0.39, 0.29) is 0 Å². The highest BCUT2D eigenvalue weighted by molar-refractivity contribution is 7.80. The van der Waals surface area contributed by atoms with Crippen molar-refractivity contribution < 1.29 is 0 Å². The normalized spacial score (nSPS) is 33.8. The fraction of sp³-hybridized carbons (Fsp3) is 0.833. The van der Waals surface area contributed by atoms with Crippen LogP contribution in [0.5, 0.6) is 0 Å². The zero-order valence-electron chi connectivity index (χ0n) is 5.77. The fourth-order valence-electron chi connectivity index (χ4n) is 1.10. The topological polar surface area (TPSA) is 24.1 Å². The van der Waals surface area contributed by atoms with Gasteiger partial charge in [-0.3, -0.25) is 0 Å². The lowest BCUT2D eigenvalue weighted by Gasteiger charge is -2.09. The Bertz CT molecular complexity index is 124. The molecular weight excluding hydrogens is 132 g/mol. The summed E-state index contributed by atoms with van der Waals surface area (Å²) in [6, 6.07) is 1.04. The molecule has 1 aliphatic heterocycles. The Balaban J connectivity index is 2.47. The average Bonchev–Trinajstić information content (AvgIpc) is 2.10. The van der Waals surface area contributed by atoms with Crippen molar-refractivity contribution in [1.29, 1.82) is 0 Å². The fourth-order valence-corrected chi connectivity index (χ4v) is 1.44. The van der Waals surface area contributed by atoms with Crippen LogP contribution in [0.2, 0.25) is 0 Å². The number of hydrogen-bond donors (Lipinski definition) is 2. The summed E-state index contributed by atoms with van der Waals surface area (Å²) < 4.78 is 0. The van der Waals surface area contributed by atoms with Gasteiger partial charge in [0.1, 0.15) is 0 Å². The Morgan fingerprint density at radius 2 is 2.22 bits per heavy atom. The molecule has 0 aromatic heterocycles. The highest BCUT2D eigenvalue weighted by Crippen LogP contribution is 2.03. The molecule has 2 unspecified atom stereocenters. The molecule has 0 aromatic rings. The lowest BCUT2D eigenvalue weighted by Crippen LogP contribution is -2.29. The third kappa shape index (κ3) is 1.33. The summed E-state index contributed by atoms with van der Waals surface area (Å²) in [6.07, 6.45) is 1.13. The summed E-state index contributed by atoms with van der Waals surface area (Å²) in [5.74, 6) is 0. The van der Waals surface area contributed by atoms with Crippen LogP contribution in [0.15, 0.2) is 0 Å². The largest absolute Gasteiger partial charge is 0.358 e. The summed E-state index contributed by atoms with van der Waals surface area (Å²) >= 11 is 4.92. The molecule has 0 aliphatic carbocycles. The third-order valence-electron chi connectivity index (χ3n) is 1.72. The van der Waals surface area contributed by atoms with Crippen LogP contribution in [0.1, 0.15) is 20.3 Å². The SMILES string of the molecule is CCC1NC(=S)NC1C. The van der Waals surface area contributed by atoms with Crippen LogP contribution in [-0.4, -0.2) is 17.2 Å². The van der Waals surface area contributed by atoms with E-state index >= 15 is 0 Å². The zero-order valence-corrected chi connectivity index (χ0v) is 6.59. The van der Waals surface area contributed by atoms with E-state index in [9.17, 15) is 0 Å². The highest BCUT2D eigenvalue weighted by Gasteiger charge is 2.22. The molecule has 1 saturated heterocycles. The maximum absolute atomic E-state index is 4.92. The number of hydrogen-bond acceptors (Lipinski definition) is 1. The second kappa shape index (κ2) is 2.52. The van der Waals surface area contributed by atoms with Crippen LogP contribution >= 0.6 is 12.2 Å². The number of thiocarbonyl (C=S) groups is 1. The van der Waals surface area contributed by atoms with Gasteiger partial charge in [0.2, 0.25) is 0 Å². The molecule has 9 heavy (non-hydrogen) atoms. The van der Waals surface area contributed by atoms with E-state index in [0.29, 0.717) is 12.1 Å². The minimum atomic E-state index is 0.502. The standard InChI is InChI=1S/C6H12N2S/c1-3-5-4(2)7-6(9)8-5/h4-5H,3H2,1-2H3,(H2,7,8,9). The van der Waals surface area contributed by atoms with Crippen LogP contribution in [0.3, 0.4) is 0 Å². The predicted octanol–water partition coefficient (Wildman–Crippen LogP) is 0.631. The molecule has 2 N–H and O–H groups in total. The van der Waals surface area contributed by atoms with E-state index in [4.69, 9.17) is 12.2 Å². The second-order valence-corrected chi connectivity index (χ2v) is 2.83. The first-order chi connectivity index (χ1) is 4.24. The van der Waals surface area contributed by atoms with E-state index in [2.05, 4.69) is 24.5 Å². The minimum absolute atomic E-state index is 0.502. The Morgan fingerprint density at radius 1 is 1.56 bits per heavy atom. The molecule has 2 nitrogen and oxygen atoms in total. The molecule has 3 heteroatoms. The van der Waals surface area contributed by atoms with Crippen molar-refractivity contribution in [2.24, 2.45) is 0 Å². The van der Waals surface area contributed by atoms with Crippen LogP contribution in [0.4, 0.5) is 0 Å². The van der Waals surface area contributed by atoms with Gasteiger partial charge in [-0.2, -0.15) is 0 Å². The Hall–Kier alpha value is -0.310. The van der Waals surface area contributed by atoms with Crippen molar-refractivity contribution in [3.63, 3.8) is 0 Å². The van der Waals surface area contributed by atoms with Gasteiger partial charge in [0.25, 0.3) is 0 Å². The van der Waals surface area contributed by atoms with Gasteiger partial charge in [-0.15, -0.1) is 0 Å². The highest BCUT2D eigenvalue weighted by atomic mass is 32.1. The van der Waals surface area contributed by atoms with Crippen molar-refractivity contribution in [1.82, 2.24) is 10.6 Å². The molecule has 1 aliphatic rings. The van der Waals surface area contributed by atoms with E-state index in [0.717, 1.165) is 11.5 Å². The minimum Gasteiger partial charge on any atom is -0.358 e. The van der Waals surface area contributed by atoms with Crippen molar-refractivity contribution >= 4 is 17.3 Å². The number of nitrogens with one attached hydrogen (secondary N) is 2. The van der Waals surface area contributed by atoms with Gasteiger partial charge in [0, 0.05) is 12.1 Å². The molecular formula is C6H12N2S. The molecule has 0 bridgehead atoms. The summed E-state index contributed by atoms with van der Waals surface area (Å²) in [6.45, 7) is 4.30. The Labute approximate surface area is 61.0 Å². The maximum atomic E-state index is 4.92. The van der Waals surface area contributed by atoms with Crippen molar-refractivity contribution in [2.45, 2.75) is 32.4 Å². The molecule has 0 aromatic carbocycles. The van der Waals surface area contributed by atoms with Crippen LogP contribution < -0.4 is 10.6 Å². The van der Waals surface area contributed by atoms with Gasteiger partial charge < -0.3 is 10.6 Å². The maximum Gasteiger partial charge on any atom is 0.166 e. The van der Waals surface area contributed by atoms with Crippen LogP contribution in [0.25, 0.3) is 0 Å². The van der Waals surface area contributed by atoms with E-state index in [1.807, 2.05) is 0 Å². The first-order valence-corrected chi connectivity index (χ1v) is 3.72. The average molecular weight is 144 g/mol. The van der Waals surface area contributed by atoms with E-state index in [1.165, 1.54) is 0 Å². The monoisotopic (exact) mass is 144 g/mol. The van der Waals surface area contributed by atoms with Crippen molar-refractivity contribution in [3.05, 3.63) is 0 Å². The molecule has 1 fully saturated rings. The molecule has 52 valence electrons. The van der Waals surface area contributed by atoms with Gasteiger partial charge in [-0.1, -0.05) is 6.92 Å². The van der Waals surface area contributed by atoms with E-state index < -0.39 is 0 Å². The van der Waals surface area contributed by atoms with Crippen molar-refractivity contribution in [3.8, 4) is 0 Å². The summed E-state index contributed by atoms with van der Waals surface area (Å²) in [5, 5.41) is 7.11. The molecule has 1 heterocycles. The summed E-state index contributed by atoms with van der Waals surface area (Å²) in [4.78, 5) is 0. The first-order valence-electron chi connectivity index (χ1n) is 3.31. The third-order valence-corrected chi connectivity index (χ3v) is 1.95. The van der Waals surface area contributed by atoms with Gasteiger partial charge in [-0.05, 0) is 25.6 Å². The molecule has 1 rings (SSSR count). The summed E-state index contributed by atoms with van der Waals surface area (Å²) in [5.41, 5.74) is 0. The van der Waals surface area contributed by atoms with E-state index in [1.54, 1.807) is 0 Å². The molecule has 2 atom stereocenters. The second-order valence-electron chi connectivity index (χ2n) is 2.42. The number of rotatable bonds is 1. The van der Waals surface area contributed by atoms with Crippen molar-refractivity contribution in [2.75, 3.05) is 0 Å². The molecule has 0 radical (unpaired) electrons. The molecule has 0 saturated carbocycles. The Kier molecular flexibility index (Phi) is 1.90. The zero-order chi connectivity index (χ0) is 6.85.